The molecule has 0 radical (unpaired) electrons. The number of likely N-dealkylation sites (tertiary alicyclic amines) is 1. The van der Waals surface area contributed by atoms with E-state index in [0.717, 1.165) is 38.0 Å². The van der Waals surface area contributed by atoms with Gasteiger partial charge in [0.15, 0.2) is 0 Å². The van der Waals surface area contributed by atoms with Gasteiger partial charge in [0, 0.05) is 26.2 Å². The number of aliphatic hydroxyl groups is 1. The zero-order chi connectivity index (χ0) is 18.6. The van der Waals surface area contributed by atoms with E-state index in [-0.39, 0.29) is 24.2 Å². The number of ether oxygens (including phenoxy) is 1. The molecule has 1 aromatic carbocycles. The van der Waals surface area contributed by atoms with Crippen molar-refractivity contribution in [2.24, 2.45) is 0 Å². The van der Waals surface area contributed by atoms with Crippen LogP contribution in [0.15, 0.2) is 42.9 Å². The van der Waals surface area contributed by atoms with Gasteiger partial charge in [-0.15, -0.1) is 0 Å². The van der Waals surface area contributed by atoms with Crippen LogP contribution in [-0.2, 0) is 4.74 Å². The molecule has 2 atom stereocenters. The molecule has 2 fully saturated rings. The molecule has 2 aliphatic heterocycles. The smallest absolute Gasteiger partial charge is 0.272 e. The number of rotatable bonds is 4. The lowest BCUT2D eigenvalue weighted by molar-refractivity contribution is -0.0771. The quantitative estimate of drug-likeness (QED) is 0.851. The van der Waals surface area contributed by atoms with Crippen LogP contribution in [0.25, 0.3) is 0 Å². The van der Waals surface area contributed by atoms with Gasteiger partial charge in [0.2, 0.25) is 0 Å². The van der Waals surface area contributed by atoms with Gasteiger partial charge in [-0.25, -0.2) is 4.98 Å². The maximum Gasteiger partial charge on any atom is 0.272 e. The molecular formula is C20H26N4O3. The Morgan fingerprint density at radius 2 is 2.00 bits per heavy atom. The summed E-state index contributed by atoms with van der Waals surface area (Å²) < 4.78 is 6.15. The average molecular weight is 370 g/mol. The van der Waals surface area contributed by atoms with Crippen molar-refractivity contribution in [3.63, 3.8) is 0 Å². The van der Waals surface area contributed by atoms with Crippen molar-refractivity contribution in [2.75, 3.05) is 32.8 Å². The van der Waals surface area contributed by atoms with Gasteiger partial charge in [-0.3, -0.25) is 4.79 Å². The third-order valence-corrected chi connectivity index (χ3v) is 5.48. The highest BCUT2D eigenvalue weighted by Gasteiger charge is 2.38. The molecule has 27 heavy (non-hydrogen) atoms. The van der Waals surface area contributed by atoms with Crippen LogP contribution >= 0.6 is 0 Å². The number of aromatic nitrogens is 2. The highest BCUT2D eigenvalue weighted by Crippen LogP contribution is 2.31. The molecule has 2 aliphatic rings. The Labute approximate surface area is 159 Å². The fourth-order valence-electron chi connectivity index (χ4n) is 4.04. The molecule has 0 spiro atoms. The molecule has 144 valence electrons. The normalized spacial score (nSPS) is 24.9. The summed E-state index contributed by atoms with van der Waals surface area (Å²) in [5, 5.41) is 9.76. The van der Waals surface area contributed by atoms with Crippen molar-refractivity contribution in [2.45, 2.75) is 31.1 Å². The first-order chi connectivity index (χ1) is 13.2. The summed E-state index contributed by atoms with van der Waals surface area (Å²) in [5.41, 5.74) is 1.57. The zero-order valence-corrected chi connectivity index (χ0v) is 15.3. The second kappa shape index (κ2) is 8.21. The summed E-state index contributed by atoms with van der Waals surface area (Å²) in [5.74, 6) is -0.0521. The fourth-order valence-corrected chi connectivity index (χ4v) is 4.04. The van der Waals surface area contributed by atoms with Crippen LogP contribution in [0, 0.1) is 0 Å². The van der Waals surface area contributed by atoms with Gasteiger partial charge in [-0.05, 0) is 18.4 Å². The molecule has 0 bridgehead atoms. The Hall–Kier alpha value is -2.22. The van der Waals surface area contributed by atoms with Crippen molar-refractivity contribution in [1.29, 1.82) is 0 Å². The van der Waals surface area contributed by atoms with Crippen LogP contribution in [0.4, 0.5) is 0 Å². The van der Waals surface area contributed by atoms with E-state index in [1.807, 2.05) is 23.1 Å². The van der Waals surface area contributed by atoms with Crippen molar-refractivity contribution >= 4 is 5.91 Å². The molecule has 4 rings (SSSR count). The number of benzene rings is 1. The maximum atomic E-state index is 13.1. The Morgan fingerprint density at radius 3 is 2.70 bits per heavy atom. The number of H-pyrrole nitrogens is 1. The number of carbonyl (C=O) groups excluding carboxylic acids is 1. The summed E-state index contributed by atoms with van der Waals surface area (Å²) in [6.07, 6.45) is 4.38. The number of aliphatic hydroxyl groups excluding tert-OH is 1. The van der Waals surface area contributed by atoms with E-state index >= 15 is 0 Å². The van der Waals surface area contributed by atoms with Crippen molar-refractivity contribution in [1.82, 2.24) is 19.8 Å². The lowest BCUT2D eigenvalue weighted by Gasteiger charge is -2.43. The summed E-state index contributed by atoms with van der Waals surface area (Å²) in [6, 6.07) is 9.94. The summed E-state index contributed by atoms with van der Waals surface area (Å²) in [7, 11) is 0. The number of nitrogens with zero attached hydrogens (tertiary/aromatic N) is 3. The number of piperidine rings is 1. The molecule has 0 aliphatic carbocycles. The van der Waals surface area contributed by atoms with E-state index in [9.17, 15) is 9.90 Å². The molecule has 7 heteroatoms. The first-order valence-electron chi connectivity index (χ1n) is 9.58. The molecule has 0 saturated carbocycles. The van der Waals surface area contributed by atoms with E-state index in [1.165, 1.54) is 6.33 Å². The summed E-state index contributed by atoms with van der Waals surface area (Å²) in [4.78, 5) is 24.2. The lowest BCUT2D eigenvalue weighted by atomic mass is 9.96. The van der Waals surface area contributed by atoms with Gasteiger partial charge in [0.1, 0.15) is 5.69 Å². The van der Waals surface area contributed by atoms with Crippen LogP contribution in [0.1, 0.15) is 34.9 Å². The Balaban J connectivity index is 1.58. The first-order valence-corrected chi connectivity index (χ1v) is 9.58. The van der Waals surface area contributed by atoms with Gasteiger partial charge in [-0.1, -0.05) is 30.3 Å². The van der Waals surface area contributed by atoms with Crippen LogP contribution in [0.2, 0.25) is 0 Å². The number of morpholine rings is 1. The summed E-state index contributed by atoms with van der Waals surface area (Å²) >= 11 is 0. The first kappa shape index (κ1) is 18.2. The maximum absolute atomic E-state index is 13.1. The SMILES string of the molecule is O=C(c1cnc[nH]1)N1CCO[C@@H](CN2CCC(O)CC2)[C@@H]1c1ccccc1. The van der Waals surface area contributed by atoms with Crippen molar-refractivity contribution < 1.29 is 14.6 Å². The number of carbonyl (C=O) groups is 1. The number of nitrogens with one attached hydrogen (secondary N) is 1. The van der Waals surface area contributed by atoms with E-state index in [2.05, 4.69) is 27.0 Å². The predicted molar refractivity (Wildman–Crippen MR) is 100 cm³/mol. The molecule has 2 aromatic rings. The number of hydrogen-bond acceptors (Lipinski definition) is 5. The minimum absolute atomic E-state index is 0.0521. The number of aromatic amines is 1. The minimum atomic E-state index is -0.197. The van der Waals surface area contributed by atoms with E-state index < -0.39 is 0 Å². The molecular weight excluding hydrogens is 344 g/mol. The van der Waals surface area contributed by atoms with Crippen LogP contribution < -0.4 is 0 Å². The molecule has 1 amide bonds. The minimum Gasteiger partial charge on any atom is -0.393 e. The van der Waals surface area contributed by atoms with Crippen molar-refractivity contribution in [3.05, 3.63) is 54.1 Å². The Kier molecular flexibility index (Phi) is 5.52. The van der Waals surface area contributed by atoms with E-state index in [4.69, 9.17) is 4.74 Å². The predicted octanol–water partition coefficient (Wildman–Crippen LogP) is 1.45. The number of imidazole rings is 1. The summed E-state index contributed by atoms with van der Waals surface area (Å²) in [6.45, 7) is 3.53. The van der Waals surface area contributed by atoms with Gasteiger partial charge in [0.05, 0.1) is 37.4 Å². The van der Waals surface area contributed by atoms with Gasteiger partial charge in [0.25, 0.3) is 5.91 Å². The number of hydrogen-bond donors (Lipinski definition) is 2. The Bertz CT molecular complexity index is 729. The highest BCUT2D eigenvalue weighted by molar-refractivity contribution is 5.92. The topological polar surface area (TPSA) is 81.7 Å². The molecule has 0 unspecified atom stereocenters. The van der Waals surface area contributed by atoms with Gasteiger partial charge >= 0.3 is 0 Å². The zero-order valence-electron chi connectivity index (χ0n) is 15.3. The molecule has 2 N–H and O–H groups in total. The molecule has 2 saturated heterocycles. The molecule has 1 aromatic heterocycles. The second-order valence-electron chi connectivity index (χ2n) is 7.26. The standard InChI is InChI=1S/C20H26N4O3/c25-16-6-8-23(9-7-16)13-18-19(15-4-2-1-3-5-15)24(10-11-27-18)20(26)17-12-21-14-22-17/h1-5,12,14,16,18-19,25H,6-11,13H2,(H,21,22)/t18-,19-/m0/s1. The fraction of sp³-hybridized carbons (Fsp3) is 0.500. The van der Waals surface area contributed by atoms with E-state index in [1.54, 1.807) is 6.20 Å². The molecule has 7 nitrogen and oxygen atoms in total. The highest BCUT2D eigenvalue weighted by atomic mass is 16.5. The van der Waals surface area contributed by atoms with Gasteiger partial charge < -0.3 is 24.6 Å². The second-order valence-corrected chi connectivity index (χ2v) is 7.26. The average Bonchev–Trinajstić information content (AvgIpc) is 3.24. The Morgan fingerprint density at radius 1 is 1.22 bits per heavy atom. The largest absolute Gasteiger partial charge is 0.393 e. The van der Waals surface area contributed by atoms with E-state index in [0.29, 0.717) is 18.8 Å². The number of amides is 1. The third-order valence-electron chi connectivity index (χ3n) is 5.48. The lowest BCUT2D eigenvalue weighted by Crippen LogP contribution is -2.52. The monoisotopic (exact) mass is 370 g/mol. The third kappa shape index (κ3) is 4.05. The molecule has 3 heterocycles. The van der Waals surface area contributed by atoms with Crippen molar-refractivity contribution in [3.8, 4) is 0 Å². The van der Waals surface area contributed by atoms with Crippen LogP contribution in [-0.4, -0.2) is 75.8 Å². The van der Waals surface area contributed by atoms with Crippen LogP contribution in [0.3, 0.4) is 0 Å². The van der Waals surface area contributed by atoms with Crippen LogP contribution in [0.5, 0.6) is 0 Å². The van der Waals surface area contributed by atoms with Gasteiger partial charge in [-0.2, -0.15) is 0 Å².